The SMILES string of the molecule is C=C(C)CCC(CSc1ccc(C)cc1)NCC. The van der Waals surface area contributed by atoms with Crippen molar-refractivity contribution in [1.82, 2.24) is 5.32 Å². The van der Waals surface area contributed by atoms with Crippen LogP contribution in [0, 0.1) is 6.92 Å². The van der Waals surface area contributed by atoms with Crippen LogP contribution in [0.4, 0.5) is 0 Å². The van der Waals surface area contributed by atoms with Crippen molar-refractivity contribution in [3.05, 3.63) is 42.0 Å². The molecule has 100 valence electrons. The first-order valence-corrected chi connectivity index (χ1v) is 7.67. The van der Waals surface area contributed by atoms with Crippen LogP contribution in [-0.2, 0) is 0 Å². The Bertz CT molecular complexity index is 356. The van der Waals surface area contributed by atoms with E-state index < -0.39 is 0 Å². The number of hydrogen-bond donors (Lipinski definition) is 1. The summed E-state index contributed by atoms with van der Waals surface area (Å²) in [6, 6.07) is 9.36. The third-order valence-electron chi connectivity index (χ3n) is 2.88. The largest absolute Gasteiger partial charge is 0.313 e. The van der Waals surface area contributed by atoms with Crippen LogP contribution in [0.5, 0.6) is 0 Å². The second-order valence-electron chi connectivity index (χ2n) is 4.87. The molecule has 18 heavy (non-hydrogen) atoms. The molecular formula is C16H25NS. The van der Waals surface area contributed by atoms with Crippen molar-refractivity contribution in [3.63, 3.8) is 0 Å². The van der Waals surface area contributed by atoms with E-state index in [0.717, 1.165) is 18.7 Å². The van der Waals surface area contributed by atoms with Crippen LogP contribution in [0.15, 0.2) is 41.3 Å². The Balaban J connectivity index is 2.40. The average molecular weight is 263 g/mol. The summed E-state index contributed by atoms with van der Waals surface area (Å²) < 4.78 is 0. The molecule has 0 radical (unpaired) electrons. The van der Waals surface area contributed by atoms with Crippen molar-refractivity contribution in [1.29, 1.82) is 0 Å². The van der Waals surface area contributed by atoms with Crippen LogP contribution in [0.3, 0.4) is 0 Å². The molecular weight excluding hydrogens is 238 g/mol. The molecule has 1 aromatic rings. The highest BCUT2D eigenvalue weighted by Crippen LogP contribution is 2.20. The molecule has 0 saturated heterocycles. The van der Waals surface area contributed by atoms with Gasteiger partial charge in [0.2, 0.25) is 0 Å². The highest BCUT2D eigenvalue weighted by molar-refractivity contribution is 7.99. The van der Waals surface area contributed by atoms with Crippen LogP contribution in [0.2, 0.25) is 0 Å². The number of nitrogens with one attached hydrogen (secondary N) is 1. The highest BCUT2D eigenvalue weighted by Gasteiger charge is 2.07. The average Bonchev–Trinajstić information content (AvgIpc) is 2.34. The van der Waals surface area contributed by atoms with E-state index in [4.69, 9.17) is 0 Å². The first-order chi connectivity index (χ1) is 8.61. The lowest BCUT2D eigenvalue weighted by Gasteiger charge is -2.17. The second-order valence-corrected chi connectivity index (χ2v) is 5.97. The molecule has 1 atom stereocenters. The Kier molecular flexibility index (Phi) is 7.14. The van der Waals surface area contributed by atoms with Gasteiger partial charge in [0, 0.05) is 16.7 Å². The standard InChI is InChI=1S/C16H25NS/c1-5-17-15(9-6-13(2)3)12-18-16-10-7-14(4)8-11-16/h7-8,10-11,15,17H,2,5-6,9,12H2,1,3-4H3. The molecule has 0 spiro atoms. The van der Waals surface area contributed by atoms with E-state index in [2.05, 4.69) is 56.9 Å². The van der Waals surface area contributed by atoms with E-state index in [1.165, 1.54) is 22.5 Å². The van der Waals surface area contributed by atoms with E-state index in [0.29, 0.717) is 6.04 Å². The minimum absolute atomic E-state index is 0.581. The zero-order chi connectivity index (χ0) is 13.4. The van der Waals surface area contributed by atoms with Gasteiger partial charge in [-0.25, -0.2) is 0 Å². The predicted molar refractivity (Wildman–Crippen MR) is 83.4 cm³/mol. The molecule has 1 rings (SSSR count). The lowest BCUT2D eigenvalue weighted by Crippen LogP contribution is -2.31. The fourth-order valence-corrected chi connectivity index (χ4v) is 2.79. The lowest BCUT2D eigenvalue weighted by molar-refractivity contribution is 0.537. The molecule has 1 nitrogen and oxygen atoms in total. The first-order valence-electron chi connectivity index (χ1n) is 6.69. The summed E-state index contributed by atoms with van der Waals surface area (Å²) >= 11 is 1.94. The van der Waals surface area contributed by atoms with Crippen molar-refractivity contribution in [3.8, 4) is 0 Å². The summed E-state index contributed by atoms with van der Waals surface area (Å²) in [5, 5.41) is 3.56. The fourth-order valence-electron chi connectivity index (χ4n) is 1.78. The van der Waals surface area contributed by atoms with Gasteiger partial charge in [-0.15, -0.1) is 18.3 Å². The monoisotopic (exact) mass is 263 g/mol. The summed E-state index contributed by atoms with van der Waals surface area (Å²) in [7, 11) is 0. The summed E-state index contributed by atoms with van der Waals surface area (Å²) in [5.74, 6) is 1.13. The van der Waals surface area contributed by atoms with Crippen molar-refractivity contribution in [2.24, 2.45) is 0 Å². The maximum Gasteiger partial charge on any atom is 0.0164 e. The molecule has 0 aliphatic heterocycles. The zero-order valence-corrected chi connectivity index (χ0v) is 12.6. The van der Waals surface area contributed by atoms with E-state index in [9.17, 15) is 0 Å². The highest BCUT2D eigenvalue weighted by atomic mass is 32.2. The van der Waals surface area contributed by atoms with Crippen molar-refractivity contribution in [2.45, 2.75) is 44.6 Å². The molecule has 1 N–H and O–H groups in total. The van der Waals surface area contributed by atoms with Crippen molar-refractivity contribution < 1.29 is 0 Å². The van der Waals surface area contributed by atoms with Gasteiger partial charge in [0.25, 0.3) is 0 Å². The summed E-state index contributed by atoms with van der Waals surface area (Å²) in [5.41, 5.74) is 2.60. The maximum absolute atomic E-state index is 3.98. The Labute approximate surface area is 116 Å². The molecule has 2 heteroatoms. The van der Waals surface area contributed by atoms with Crippen LogP contribution in [-0.4, -0.2) is 18.3 Å². The van der Waals surface area contributed by atoms with E-state index in [1.807, 2.05) is 11.8 Å². The zero-order valence-electron chi connectivity index (χ0n) is 11.8. The van der Waals surface area contributed by atoms with Gasteiger partial charge in [0.15, 0.2) is 0 Å². The van der Waals surface area contributed by atoms with E-state index >= 15 is 0 Å². The van der Waals surface area contributed by atoms with Crippen LogP contribution >= 0.6 is 11.8 Å². The molecule has 0 heterocycles. The normalized spacial score (nSPS) is 12.4. The van der Waals surface area contributed by atoms with Gasteiger partial charge in [-0.1, -0.05) is 30.2 Å². The molecule has 0 amide bonds. The Morgan fingerprint density at radius 3 is 2.56 bits per heavy atom. The number of benzene rings is 1. The number of thioether (sulfide) groups is 1. The topological polar surface area (TPSA) is 12.0 Å². The number of rotatable bonds is 8. The molecule has 0 fully saturated rings. The minimum Gasteiger partial charge on any atom is -0.313 e. The third-order valence-corrected chi connectivity index (χ3v) is 4.06. The van der Waals surface area contributed by atoms with Gasteiger partial charge in [-0.3, -0.25) is 0 Å². The Morgan fingerprint density at radius 1 is 1.33 bits per heavy atom. The molecule has 0 bridgehead atoms. The lowest BCUT2D eigenvalue weighted by atomic mass is 10.1. The summed E-state index contributed by atoms with van der Waals surface area (Å²) in [4.78, 5) is 1.36. The minimum atomic E-state index is 0.581. The van der Waals surface area contributed by atoms with Crippen LogP contribution < -0.4 is 5.32 Å². The number of aryl methyl sites for hydroxylation is 1. The van der Waals surface area contributed by atoms with Gasteiger partial charge in [-0.2, -0.15) is 0 Å². The molecule has 1 aromatic carbocycles. The van der Waals surface area contributed by atoms with Gasteiger partial charge in [0.1, 0.15) is 0 Å². The van der Waals surface area contributed by atoms with E-state index in [1.54, 1.807) is 0 Å². The Hall–Kier alpha value is -0.730. The quantitative estimate of drug-likeness (QED) is 0.550. The second kappa shape index (κ2) is 8.39. The number of allylic oxidation sites excluding steroid dienone is 1. The first kappa shape index (κ1) is 15.3. The van der Waals surface area contributed by atoms with Gasteiger partial charge in [0.05, 0.1) is 0 Å². The van der Waals surface area contributed by atoms with E-state index in [-0.39, 0.29) is 0 Å². The number of hydrogen-bond acceptors (Lipinski definition) is 2. The maximum atomic E-state index is 3.98. The third kappa shape index (κ3) is 6.27. The fraction of sp³-hybridized carbons (Fsp3) is 0.500. The molecule has 1 unspecified atom stereocenters. The van der Waals surface area contributed by atoms with Gasteiger partial charge in [-0.05, 0) is 45.4 Å². The van der Waals surface area contributed by atoms with Crippen molar-refractivity contribution >= 4 is 11.8 Å². The summed E-state index contributed by atoms with van der Waals surface area (Å²) in [6.07, 6.45) is 2.30. The van der Waals surface area contributed by atoms with Gasteiger partial charge >= 0.3 is 0 Å². The Morgan fingerprint density at radius 2 is 2.00 bits per heavy atom. The summed E-state index contributed by atoms with van der Waals surface area (Å²) in [6.45, 7) is 11.4. The predicted octanol–water partition coefficient (Wildman–Crippen LogP) is 4.42. The molecule has 0 saturated carbocycles. The molecule has 0 aliphatic rings. The smallest absolute Gasteiger partial charge is 0.0164 e. The molecule has 0 aliphatic carbocycles. The van der Waals surface area contributed by atoms with Crippen LogP contribution in [0.25, 0.3) is 0 Å². The van der Waals surface area contributed by atoms with Crippen molar-refractivity contribution in [2.75, 3.05) is 12.3 Å². The van der Waals surface area contributed by atoms with Gasteiger partial charge < -0.3 is 5.32 Å². The molecule has 0 aromatic heterocycles. The van der Waals surface area contributed by atoms with Crippen LogP contribution in [0.1, 0.15) is 32.3 Å².